The fourth-order valence-corrected chi connectivity index (χ4v) is 5.83. The molecule has 1 aromatic carbocycles. The molecule has 1 saturated heterocycles. The zero-order valence-electron chi connectivity index (χ0n) is 20.3. The predicted molar refractivity (Wildman–Crippen MR) is 133 cm³/mol. The van der Waals surface area contributed by atoms with E-state index in [1.807, 2.05) is 30.3 Å². The van der Waals surface area contributed by atoms with Gasteiger partial charge in [0.2, 0.25) is 0 Å². The average Bonchev–Trinajstić information content (AvgIpc) is 3.21. The average molecular weight is 540 g/mol. The fourth-order valence-electron chi connectivity index (χ4n) is 4.54. The number of piperidine rings is 1. The van der Waals surface area contributed by atoms with Crippen LogP contribution >= 0.6 is 11.3 Å². The molecule has 2 aromatic heterocycles. The Morgan fingerprint density at radius 3 is 2.32 bits per heavy atom. The number of fused-ring (bicyclic) bond motifs is 1. The molecule has 0 saturated carbocycles. The van der Waals surface area contributed by atoms with E-state index in [0.29, 0.717) is 12.0 Å². The number of amides is 1. The zero-order valence-corrected chi connectivity index (χ0v) is 21.1. The molecular weight excluding hydrogens is 511 g/mol. The van der Waals surface area contributed by atoms with Crippen LogP contribution in [-0.2, 0) is 19.5 Å². The predicted octanol–water partition coefficient (Wildman–Crippen LogP) is 2.69. The van der Waals surface area contributed by atoms with E-state index < -0.39 is 48.5 Å². The van der Waals surface area contributed by atoms with Gasteiger partial charge in [-0.3, -0.25) is 18.7 Å². The van der Waals surface area contributed by atoms with Crippen molar-refractivity contribution in [1.82, 2.24) is 14.0 Å². The minimum atomic E-state index is -4.51. The summed E-state index contributed by atoms with van der Waals surface area (Å²) in [6.45, 7) is 0.781. The van der Waals surface area contributed by atoms with Crippen molar-refractivity contribution in [3.63, 3.8) is 0 Å². The molecule has 1 aliphatic heterocycles. The number of rotatable bonds is 7. The van der Waals surface area contributed by atoms with Gasteiger partial charge in [0.15, 0.2) is 0 Å². The van der Waals surface area contributed by atoms with Gasteiger partial charge < -0.3 is 15.1 Å². The Bertz CT molecular complexity index is 1400. The molecule has 200 valence electrons. The van der Waals surface area contributed by atoms with Crippen molar-refractivity contribution in [3.8, 4) is 0 Å². The number of carbonyl (C=O) groups excluding carboxylic acids is 1. The summed E-state index contributed by atoms with van der Waals surface area (Å²) >= 11 is 0.839. The highest BCUT2D eigenvalue weighted by molar-refractivity contribution is 7.20. The van der Waals surface area contributed by atoms with Crippen molar-refractivity contribution in [2.45, 2.75) is 57.5 Å². The number of carbonyl (C=O) groups is 1. The van der Waals surface area contributed by atoms with Crippen LogP contribution in [0.15, 0.2) is 39.9 Å². The summed E-state index contributed by atoms with van der Waals surface area (Å²) in [5.41, 5.74) is -1.57. The van der Waals surface area contributed by atoms with Gasteiger partial charge >= 0.3 is 11.9 Å². The number of halogens is 3. The van der Waals surface area contributed by atoms with E-state index in [-0.39, 0.29) is 47.6 Å². The van der Waals surface area contributed by atoms with Crippen LogP contribution < -0.4 is 11.2 Å². The highest BCUT2D eigenvalue weighted by atomic mass is 32.1. The molecule has 8 nitrogen and oxygen atoms in total. The van der Waals surface area contributed by atoms with Crippen LogP contribution in [0.3, 0.4) is 0 Å². The van der Waals surface area contributed by atoms with E-state index in [1.54, 1.807) is 6.92 Å². The molecule has 1 fully saturated rings. The SMILES string of the molecule is Cc1c(C(=O)N2CCC(O)(CO)CC2)sc2c1c(=O)n(CCc1ccccc1)c(=O)n2CCC(F)(F)F. The lowest BCUT2D eigenvalue weighted by Crippen LogP contribution is -2.48. The molecule has 2 N–H and O–H groups in total. The van der Waals surface area contributed by atoms with Crippen LogP contribution in [0.4, 0.5) is 13.2 Å². The van der Waals surface area contributed by atoms with Crippen molar-refractivity contribution in [3.05, 3.63) is 67.2 Å². The van der Waals surface area contributed by atoms with Crippen LogP contribution in [-0.4, -0.2) is 61.6 Å². The molecule has 37 heavy (non-hydrogen) atoms. The lowest BCUT2D eigenvalue weighted by Gasteiger charge is -2.36. The number of likely N-dealkylation sites (tertiary alicyclic amines) is 1. The van der Waals surface area contributed by atoms with Crippen LogP contribution in [0.1, 0.15) is 40.1 Å². The number of aromatic nitrogens is 2. The molecule has 0 aliphatic carbocycles. The van der Waals surface area contributed by atoms with Gasteiger partial charge in [0.05, 0.1) is 28.9 Å². The largest absolute Gasteiger partial charge is 0.393 e. The van der Waals surface area contributed by atoms with Gasteiger partial charge in [-0.15, -0.1) is 11.3 Å². The van der Waals surface area contributed by atoms with Gasteiger partial charge in [0, 0.05) is 26.2 Å². The molecule has 0 spiro atoms. The summed E-state index contributed by atoms with van der Waals surface area (Å²) in [6.07, 6.45) is -5.11. The Morgan fingerprint density at radius 1 is 1.08 bits per heavy atom. The van der Waals surface area contributed by atoms with E-state index in [1.165, 1.54) is 4.90 Å². The van der Waals surface area contributed by atoms with Crippen molar-refractivity contribution in [2.24, 2.45) is 0 Å². The van der Waals surface area contributed by atoms with Crippen LogP contribution in [0.2, 0.25) is 0 Å². The maximum Gasteiger partial charge on any atom is 0.390 e. The number of aryl methyl sites for hydroxylation is 3. The number of aliphatic hydroxyl groups excluding tert-OH is 1. The molecule has 0 atom stereocenters. The number of aliphatic hydroxyl groups is 2. The Balaban J connectivity index is 1.77. The van der Waals surface area contributed by atoms with Gasteiger partial charge in [-0.2, -0.15) is 13.2 Å². The van der Waals surface area contributed by atoms with Crippen LogP contribution in [0, 0.1) is 6.92 Å². The van der Waals surface area contributed by atoms with Crippen molar-refractivity contribution >= 4 is 27.5 Å². The molecule has 0 radical (unpaired) electrons. The monoisotopic (exact) mass is 539 g/mol. The number of alkyl halides is 3. The molecule has 0 unspecified atom stereocenters. The molecule has 4 rings (SSSR count). The Hall–Kier alpha value is -2.96. The second-order valence-corrected chi connectivity index (χ2v) is 10.4. The highest BCUT2D eigenvalue weighted by Crippen LogP contribution is 2.32. The van der Waals surface area contributed by atoms with Crippen molar-refractivity contribution in [2.75, 3.05) is 19.7 Å². The second kappa shape index (κ2) is 10.4. The molecule has 3 heterocycles. The minimum Gasteiger partial charge on any atom is -0.393 e. The van der Waals surface area contributed by atoms with Crippen LogP contribution in [0.5, 0.6) is 0 Å². The van der Waals surface area contributed by atoms with E-state index in [4.69, 9.17) is 0 Å². The van der Waals surface area contributed by atoms with E-state index >= 15 is 0 Å². The third-order valence-corrected chi connectivity index (χ3v) is 8.15. The fraction of sp³-hybridized carbons (Fsp3) is 0.480. The number of hydrogen-bond acceptors (Lipinski definition) is 6. The highest BCUT2D eigenvalue weighted by Gasteiger charge is 2.35. The first kappa shape index (κ1) is 27.1. The Kier molecular flexibility index (Phi) is 7.63. The number of benzene rings is 1. The van der Waals surface area contributed by atoms with Gasteiger partial charge in [-0.25, -0.2) is 4.79 Å². The lowest BCUT2D eigenvalue weighted by atomic mass is 9.92. The quantitative estimate of drug-likeness (QED) is 0.481. The normalized spacial score (nSPS) is 15.9. The molecular formula is C25H28F3N3O5S. The number of nitrogens with zero attached hydrogens (tertiary/aromatic N) is 3. The summed E-state index contributed by atoms with van der Waals surface area (Å²) in [7, 11) is 0. The third kappa shape index (κ3) is 5.65. The first-order valence-electron chi connectivity index (χ1n) is 11.9. The van der Waals surface area contributed by atoms with Gasteiger partial charge in [-0.1, -0.05) is 30.3 Å². The smallest absolute Gasteiger partial charge is 0.390 e. The summed E-state index contributed by atoms with van der Waals surface area (Å²) in [4.78, 5) is 41.7. The molecule has 1 amide bonds. The van der Waals surface area contributed by atoms with Crippen molar-refractivity contribution in [1.29, 1.82) is 0 Å². The maximum atomic E-state index is 13.4. The molecule has 3 aromatic rings. The van der Waals surface area contributed by atoms with E-state index in [2.05, 4.69) is 0 Å². The Labute approximate surface area is 214 Å². The summed E-state index contributed by atoms with van der Waals surface area (Å²) in [6, 6.07) is 9.10. The Morgan fingerprint density at radius 2 is 1.73 bits per heavy atom. The zero-order chi connectivity index (χ0) is 27.0. The van der Waals surface area contributed by atoms with Gasteiger partial charge in [0.1, 0.15) is 4.83 Å². The molecule has 0 bridgehead atoms. The summed E-state index contributed by atoms with van der Waals surface area (Å²) in [5.74, 6) is -0.427. The molecule has 12 heteroatoms. The number of hydrogen-bond donors (Lipinski definition) is 2. The van der Waals surface area contributed by atoms with Gasteiger partial charge in [-0.05, 0) is 37.3 Å². The van der Waals surface area contributed by atoms with E-state index in [9.17, 15) is 37.8 Å². The summed E-state index contributed by atoms with van der Waals surface area (Å²) in [5, 5.41) is 19.7. The number of thiophene rings is 1. The molecule has 1 aliphatic rings. The second-order valence-electron chi connectivity index (χ2n) is 9.40. The topological polar surface area (TPSA) is 105 Å². The minimum absolute atomic E-state index is 0.0198. The maximum absolute atomic E-state index is 13.4. The van der Waals surface area contributed by atoms with E-state index in [0.717, 1.165) is 26.0 Å². The van der Waals surface area contributed by atoms with Crippen LogP contribution in [0.25, 0.3) is 10.2 Å². The first-order valence-corrected chi connectivity index (χ1v) is 12.8. The standard InChI is InChI=1S/C25H28F3N3O5S/c1-16-18-20(33)30(11-7-17-5-3-2-4-6-17)23(35)31(14-10-25(26,27)28)22(18)37-19(16)21(34)29-12-8-24(36,15-32)9-13-29/h2-6,32,36H,7-15H2,1H3. The summed E-state index contributed by atoms with van der Waals surface area (Å²) < 4.78 is 41.2. The van der Waals surface area contributed by atoms with Crippen molar-refractivity contribution < 1.29 is 28.2 Å². The third-order valence-electron chi connectivity index (χ3n) is 6.85. The van der Waals surface area contributed by atoms with Gasteiger partial charge in [0.25, 0.3) is 11.5 Å². The lowest BCUT2D eigenvalue weighted by molar-refractivity contribution is -0.136. The first-order chi connectivity index (χ1) is 17.4.